The van der Waals surface area contributed by atoms with E-state index in [4.69, 9.17) is 28.0 Å². The van der Waals surface area contributed by atoms with Gasteiger partial charge in [-0.25, -0.2) is 4.98 Å². The lowest BCUT2D eigenvalue weighted by atomic mass is 9.91. The summed E-state index contributed by atoms with van der Waals surface area (Å²) in [5, 5.41) is 2.93. The van der Waals surface area contributed by atoms with Crippen LogP contribution in [-0.2, 0) is 9.47 Å². The predicted octanol–water partition coefficient (Wildman–Crippen LogP) is 4.11. The molecule has 3 fully saturated rings. The van der Waals surface area contributed by atoms with Crippen LogP contribution in [0.2, 0.25) is 0 Å². The molecular formula is C30H36ClN7O6. The van der Waals surface area contributed by atoms with Gasteiger partial charge in [0.15, 0.2) is 11.3 Å². The second kappa shape index (κ2) is 13.5. The van der Waals surface area contributed by atoms with Crippen LogP contribution in [0.25, 0.3) is 22.7 Å². The number of nitrogens with zero attached hydrogens (tertiary/aromatic N) is 6. The van der Waals surface area contributed by atoms with E-state index in [1.54, 1.807) is 18.3 Å². The summed E-state index contributed by atoms with van der Waals surface area (Å²) >= 11 is 0. The average Bonchev–Trinajstić information content (AvgIpc) is 3.70. The molecule has 6 heterocycles. The SMILES string of the molecule is Cc1cc(-c2nc(C(=O)Nc3cc4oc(N5CCOCC5)nc4nc3OC3CCC(N4CCOCC4)CC3)co2)ccn1.Cl. The standard InChI is InChI=1S/C30H35N7O6.ClH/c1-19-16-20(6-7-31-19)28-33-24(18-41-28)27(38)32-23-17-25-26(35-30(43-25)37-10-14-40-15-11-37)34-29(23)42-22-4-2-21(3-5-22)36-8-12-39-13-9-36;/h6-7,16-18,21-22H,2-5,8-15H2,1H3,(H,32,38);1H. The molecule has 4 aromatic rings. The van der Waals surface area contributed by atoms with E-state index in [2.05, 4.69) is 25.2 Å². The molecule has 0 atom stereocenters. The molecule has 0 unspecified atom stereocenters. The molecule has 3 aliphatic rings. The number of fused-ring (bicyclic) bond motifs is 1. The molecule has 13 nitrogen and oxygen atoms in total. The zero-order valence-electron chi connectivity index (χ0n) is 24.6. The molecule has 0 radical (unpaired) electrons. The van der Waals surface area contributed by atoms with Gasteiger partial charge in [-0.1, -0.05) is 0 Å². The molecular weight excluding hydrogens is 590 g/mol. The van der Waals surface area contributed by atoms with Crippen LogP contribution in [0.15, 0.2) is 39.5 Å². The van der Waals surface area contributed by atoms with Crippen LogP contribution in [0.3, 0.4) is 0 Å². The van der Waals surface area contributed by atoms with Gasteiger partial charge < -0.3 is 33.3 Å². The van der Waals surface area contributed by atoms with Crippen LogP contribution in [0.1, 0.15) is 41.9 Å². The first-order chi connectivity index (χ1) is 21.1. The van der Waals surface area contributed by atoms with Crippen molar-refractivity contribution in [2.45, 2.75) is 44.8 Å². The Morgan fingerprint density at radius 3 is 2.48 bits per heavy atom. The molecule has 1 amide bonds. The van der Waals surface area contributed by atoms with Gasteiger partial charge in [-0.3, -0.25) is 14.7 Å². The van der Waals surface area contributed by atoms with E-state index in [0.29, 0.717) is 67.0 Å². The number of aryl methyl sites for hydroxylation is 1. The number of rotatable bonds is 7. The number of halogens is 1. The highest BCUT2D eigenvalue weighted by Gasteiger charge is 2.29. The maximum atomic E-state index is 13.4. The normalized spacial score (nSPS) is 21.2. The van der Waals surface area contributed by atoms with E-state index in [0.717, 1.165) is 63.2 Å². The minimum absolute atomic E-state index is 0. The molecule has 1 N–H and O–H groups in total. The summed E-state index contributed by atoms with van der Waals surface area (Å²) < 4.78 is 29.2. The summed E-state index contributed by atoms with van der Waals surface area (Å²) in [4.78, 5) is 35.9. The minimum atomic E-state index is -0.448. The predicted molar refractivity (Wildman–Crippen MR) is 164 cm³/mol. The Morgan fingerprint density at radius 1 is 0.977 bits per heavy atom. The zero-order chi connectivity index (χ0) is 29.2. The van der Waals surface area contributed by atoms with Crippen LogP contribution >= 0.6 is 12.4 Å². The number of hydrogen-bond acceptors (Lipinski definition) is 12. The van der Waals surface area contributed by atoms with E-state index >= 15 is 0 Å². The highest BCUT2D eigenvalue weighted by Crippen LogP contribution is 2.34. The van der Waals surface area contributed by atoms with Gasteiger partial charge >= 0.3 is 0 Å². The van der Waals surface area contributed by atoms with E-state index < -0.39 is 5.91 Å². The van der Waals surface area contributed by atoms with E-state index in [1.165, 1.54) is 6.26 Å². The molecule has 1 saturated carbocycles. The zero-order valence-corrected chi connectivity index (χ0v) is 25.4. The number of amides is 1. The van der Waals surface area contributed by atoms with Crippen molar-refractivity contribution >= 4 is 41.2 Å². The van der Waals surface area contributed by atoms with Gasteiger partial charge in [0.1, 0.15) is 18.1 Å². The third-order valence-corrected chi connectivity index (χ3v) is 8.23. The summed E-state index contributed by atoms with van der Waals surface area (Å²) in [7, 11) is 0. The van der Waals surface area contributed by atoms with Gasteiger partial charge in [0, 0.05) is 55.7 Å². The number of pyridine rings is 2. The fraction of sp³-hybridized carbons (Fsp3) is 0.500. The molecule has 7 rings (SSSR count). The van der Waals surface area contributed by atoms with Crippen molar-refractivity contribution < 1.29 is 27.8 Å². The first-order valence-corrected chi connectivity index (χ1v) is 14.9. The Morgan fingerprint density at radius 2 is 1.73 bits per heavy atom. The maximum absolute atomic E-state index is 13.4. The van der Waals surface area contributed by atoms with E-state index in [1.807, 2.05) is 17.9 Å². The maximum Gasteiger partial charge on any atom is 0.300 e. The second-order valence-corrected chi connectivity index (χ2v) is 11.1. The average molecular weight is 626 g/mol. The van der Waals surface area contributed by atoms with Gasteiger partial charge in [0.05, 0.1) is 26.4 Å². The summed E-state index contributed by atoms with van der Waals surface area (Å²) in [5.74, 6) is 0.199. The lowest BCUT2D eigenvalue weighted by Gasteiger charge is -2.38. The van der Waals surface area contributed by atoms with Crippen molar-refractivity contribution in [3.8, 4) is 17.3 Å². The number of hydrogen-bond donors (Lipinski definition) is 1. The van der Waals surface area contributed by atoms with Gasteiger partial charge in [-0.15, -0.1) is 12.4 Å². The van der Waals surface area contributed by atoms with Crippen molar-refractivity contribution in [1.82, 2.24) is 24.8 Å². The van der Waals surface area contributed by atoms with Crippen molar-refractivity contribution in [2.24, 2.45) is 0 Å². The molecule has 0 spiro atoms. The highest BCUT2D eigenvalue weighted by atomic mass is 35.5. The van der Waals surface area contributed by atoms with Crippen LogP contribution in [-0.4, -0.2) is 95.5 Å². The Kier molecular flexibility index (Phi) is 9.26. The Bertz CT molecular complexity index is 1580. The molecule has 44 heavy (non-hydrogen) atoms. The molecule has 1 aliphatic carbocycles. The summed E-state index contributed by atoms with van der Waals surface area (Å²) in [5.41, 5.74) is 2.96. The van der Waals surface area contributed by atoms with Crippen molar-refractivity contribution in [3.63, 3.8) is 0 Å². The van der Waals surface area contributed by atoms with Crippen LogP contribution in [0.5, 0.6) is 5.88 Å². The topological polar surface area (TPSA) is 141 Å². The molecule has 14 heteroatoms. The number of carbonyl (C=O) groups excluding carboxylic acids is 1. The fourth-order valence-electron chi connectivity index (χ4n) is 5.91. The smallest absolute Gasteiger partial charge is 0.300 e. The van der Waals surface area contributed by atoms with E-state index in [-0.39, 0.29) is 24.2 Å². The van der Waals surface area contributed by atoms with Gasteiger partial charge in [0.2, 0.25) is 17.4 Å². The van der Waals surface area contributed by atoms with Crippen LogP contribution in [0, 0.1) is 6.92 Å². The summed E-state index contributed by atoms with van der Waals surface area (Å²) in [6.45, 7) is 8.00. The number of nitrogens with one attached hydrogen (secondary N) is 1. The number of carbonyl (C=O) groups is 1. The lowest BCUT2D eigenvalue weighted by Crippen LogP contribution is -2.46. The third kappa shape index (κ3) is 6.65. The second-order valence-electron chi connectivity index (χ2n) is 11.1. The number of anilines is 2. The Hall–Kier alpha value is -3.78. The molecule has 0 bridgehead atoms. The van der Waals surface area contributed by atoms with Crippen LogP contribution in [0.4, 0.5) is 11.7 Å². The highest BCUT2D eigenvalue weighted by molar-refractivity contribution is 6.04. The first kappa shape index (κ1) is 30.3. The lowest BCUT2D eigenvalue weighted by molar-refractivity contribution is -0.00130. The minimum Gasteiger partial charge on any atom is -0.473 e. The van der Waals surface area contributed by atoms with Crippen molar-refractivity contribution in [1.29, 1.82) is 0 Å². The third-order valence-electron chi connectivity index (χ3n) is 8.23. The summed E-state index contributed by atoms with van der Waals surface area (Å²) in [6.07, 6.45) is 6.85. The molecule has 2 saturated heterocycles. The number of oxazole rings is 2. The van der Waals surface area contributed by atoms with Gasteiger partial charge in [-0.2, -0.15) is 9.97 Å². The first-order valence-electron chi connectivity index (χ1n) is 14.9. The fourth-order valence-corrected chi connectivity index (χ4v) is 5.91. The molecule has 4 aromatic heterocycles. The van der Waals surface area contributed by atoms with Gasteiger partial charge in [0.25, 0.3) is 11.9 Å². The number of aromatic nitrogens is 4. The Labute approximate surface area is 260 Å². The monoisotopic (exact) mass is 625 g/mol. The van der Waals surface area contributed by atoms with Gasteiger partial charge in [-0.05, 0) is 44.7 Å². The molecule has 2 aliphatic heterocycles. The van der Waals surface area contributed by atoms with Crippen molar-refractivity contribution in [2.75, 3.05) is 62.8 Å². The largest absolute Gasteiger partial charge is 0.473 e. The van der Waals surface area contributed by atoms with Crippen molar-refractivity contribution in [3.05, 3.63) is 42.0 Å². The summed E-state index contributed by atoms with van der Waals surface area (Å²) in [6, 6.07) is 6.37. The quantitative estimate of drug-likeness (QED) is 0.316. The Balaban J connectivity index is 0.00000343. The molecule has 234 valence electrons. The molecule has 0 aromatic carbocycles. The van der Waals surface area contributed by atoms with Crippen LogP contribution < -0.4 is 15.0 Å². The number of ether oxygens (including phenoxy) is 3. The van der Waals surface area contributed by atoms with E-state index in [9.17, 15) is 4.79 Å². The number of morpholine rings is 2.